The number of nitrogens with zero attached hydrogens (tertiary/aromatic N) is 2. The Kier molecular flexibility index (Phi) is 5.43. The molecule has 2 heterocycles. The third-order valence-electron chi connectivity index (χ3n) is 10.2. The molecule has 5 atom stereocenters. The monoisotopic (exact) mass is 488 g/mol. The second-order valence-electron chi connectivity index (χ2n) is 12.2. The van der Waals surface area contributed by atoms with Crippen LogP contribution in [0.4, 0.5) is 0 Å². The van der Waals surface area contributed by atoms with E-state index in [0.29, 0.717) is 5.75 Å². The first-order chi connectivity index (χ1) is 17.5. The number of unbranched alkanes of at least 4 members (excludes halogenated alkanes) is 1. The van der Waals surface area contributed by atoms with Gasteiger partial charge in [-0.3, -0.25) is 9.80 Å². The molecule has 2 aromatic carbocycles. The summed E-state index contributed by atoms with van der Waals surface area (Å²) in [5.74, 6) is 1.70. The normalized spacial score (nSPS) is 34.5. The molecule has 0 aromatic heterocycles. The van der Waals surface area contributed by atoms with Crippen LogP contribution in [0.5, 0.6) is 11.5 Å². The Balaban J connectivity index is 1.31. The van der Waals surface area contributed by atoms with E-state index < -0.39 is 11.0 Å². The van der Waals surface area contributed by atoms with Crippen molar-refractivity contribution in [2.24, 2.45) is 5.92 Å². The van der Waals surface area contributed by atoms with E-state index in [-0.39, 0.29) is 23.9 Å². The summed E-state index contributed by atoms with van der Waals surface area (Å²) in [5.41, 5.74) is 2.49. The Bertz CT molecular complexity index is 1130. The molecule has 2 N–H and O–H groups in total. The van der Waals surface area contributed by atoms with Gasteiger partial charge in [-0.1, -0.05) is 49.7 Å². The Morgan fingerprint density at radius 1 is 1.08 bits per heavy atom. The molecule has 2 saturated carbocycles. The average molecular weight is 489 g/mol. The third-order valence-corrected chi connectivity index (χ3v) is 10.2. The van der Waals surface area contributed by atoms with Crippen LogP contribution in [0.1, 0.15) is 68.6 Å². The molecule has 2 aliphatic heterocycles. The molecule has 0 radical (unpaired) electrons. The van der Waals surface area contributed by atoms with Gasteiger partial charge in [-0.2, -0.15) is 0 Å². The van der Waals surface area contributed by atoms with Gasteiger partial charge in [0.1, 0.15) is 6.10 Å². The molecule has 3 aliphatic carbocycles. The van der Waals surface area contributed by atoms with Crippen LogP contribution in [-0.2, 0) is 18.4 Å². The summed E-state index contributed by atoms with van der Waals surface area (Å²) in [6.07, 6.45) is 8.33. The summed E-state index contributed by atoms with van der Waals surface area (Å²) >= 11 is 0. The number of benzene rings is 2. The highest BCUT2D eigenvalue weighted by atomic mass is 16.5. The summed E-state index contributed by atoms with van der Waals surface area (Å²) in [7, 11) is 0. The van der Waals surface area contributed by atoms with E-state index in [1.165, 1.54) is 24.0 Å². The number of rotatable bonds is 8. The molecule has 1 spiro atoms. The lowest BCUT2D eigenvalue weighted by Crippen LogP contribution is -2.78. The van der Waals surface area contributed by atoms with E-state index in [1.807, 2.05) is 6.07 Å². The van der Waals surface area contributed by atoms with Gasteiger partial charge in [0, 0.05) is 30.7 Å². The predicted octanol–water partition coefficient (Wildman–Crippen LogP) is 4.63. The van der Waals surface area contributed by atoms with Gasteiger partial charge in [0.25, 0.3) is 0 Å². The number of hydrogen-bond acceptors (Lipinski definition) is 5. The van der Waals surface area contributed by atoms with Crippen LogP contribution in [0.15, 0.2) is 42.5 Å². The lowest BCUT2D eigenvalue weighted by molar-refractivity contribution is -0.201. The van der Waals surface area contributed by atoms with E-state index in [1.54, 1.807) is 0 Å². The van der Waals surface area contributed by atoms with Crippen molar-refractivity contribution in [1.29, 1.82) is 0 Å². The minimum absolute atomic E-state index is 0.134. The summed E-state index contributed by atoms with van der Waals surface area (Å²) in [6.45, 7) is 6.31. The molecule has 2 bridgehead atoms. The molecule has 3 fully saturated rings. The molecular formula is C31H40N2O3. The smallest absolute Gasteiger partial charge is 0.165 e. The predicted molar refractivity (Wildman–Crippen MR) is 140 cm³/mol. The van der Waals surface area contributed by atoms with Crippen molar-refractivity contribution in [3.8, 4) is 11.5 Å². The van der Waals surface area contributed by atoms with E-state index in [0.717, 1.165) is 76.2 Å². The number of phenolic OH excluding ortho intramolecular Hbond substituents is 1. The number of aromatic hydroxyl groups is 1. The summed E-state index contributed by atoms with van der Waals surface area (Å²) in [4.78, 5) is 5.24. The van der Waals surface area contributed by atoms with Crippen LogP contribution in [0.25, 0.3) is 0 Å². The molecule has 5 aliphatic rings. The van der Waals surface area contributed by atoms with E-state index >= 15 is 0 Å². The lowest BCUT2D eigenvalue weighted by Gasteiger charge is -2.65. The minimum Gasteiger partial charge on any atom is -0.504 e. The number of phenols is 1. The van der Waals surface area contributed by atoms with Crippen LogP contribution < -0.4 is 4.74 Å². The highest BCUT2D eigenvalue weighted by Crippen LogP contribution is 2.66. The van der Waals surface area contributed by atoms with Crippen molar-refractivity contribution in [2.45, 2.75) is 94.0 Å². The molecular weight excluding hydrogens is 448 g/mol. The molecule has 2 aromatic rings. The van der Waals surface area contributed by atoms with Gasteiger partial charge in [0.15, 0.2) is 11.5 Å². The first-order valence-corrected chi connectivity index (χ1v) is 14.3. The second-order valence-corrected chi connectivity index (χ2v) is 12.2. The van der Waals surface area contributed by atoms with Gasteiger partial charge < -0.3 is 14.9 Å². The van der Waals surface area contributed by atoms with Crippen molar-refractivity contribution < 1.29 is 14.9 Å². The number of ether oxygens (including phenoxy) is 1. The zero-order chi connectivity index (χ0) is 24.5. The van der Waals surface area contributed by atoms with E-state index in [4.69, 9.17) is 4.74 Å². The molecule has 0 unspecified atom stereocenters. The van der Waals surface area contributed by atoms with Crippen LogP contribution in [0, 0.1) is 5.92 Å². The minimum atomic E-state index is -0.809. The fraction of sp³-hybridized carbons (Fsp3) is 0.613. The van der Waals surface area contributed by atoms with Crippen molar-refractivity contribution in [3.05, 3.63) is 59.2 Å². The van der Waals surface area contributed by atoms with Gasteiger partial charge in [0.2, 0.25) is 0 Å². The number of hydrogen-bond donors (Lipinski definition) is 2. The van der Waals surface area contributed by atoms with Gasteiger partial charge in [-0.15, -0.1) is 0 Å². The first kappa shape index (κ1) is 23.1. The Hall–Kier alpha value is -2.08. The highest BCUT2D eigenvalue weighted by molar-refractivity contribution is 5.62. The SMILES string of the molecule is CCCCN(Cc1ccccc1)[C@H]1CC[C@@]2(O)[C@H]3Cc4ccc(O)c5c4[C@@]2(CCN3CC2CC2)[C@H]1O5. The fourth-order valence-electron chi connectivity index (χ4n) is 8.37. The van der Waals surface area contributed by atoms with Crippen molar-refractivity contribution >= 4 is 0 Å². The van der Waals surface area contributed by atoms with Gasteiger partial charge in [-0.05, 0) is 81.1 Å². The molecule has 192 valence electrons. The molecule has 0 amide bonds. The highest BCUT2D eigenvalue weighted by Gasteiger charge is 2.73. The fourth-order valence-corrected chi connectivity index (χ4v) is 8.37. The van der Waals surface area contributed by atoms with Crippen molar-refractivity contribution in [2.75, 3.05) is 19.6 Å². The van der Waals surface area contributed by atoms with Gasteiger partial charge >= 0.3 is 0 Å². The van der Waals surface area contributed by atoms with Gasteiger partial charge in [0.05, 0.1) is 11.0 Å². The maximum Gasteiger partial charge on any atom is 0.165 e. The quantitative estimate of drug-likeness (QED) is 0.568. The summed E-state index contributed by atoms with van der Waals surface area (Å²) < 4.78 is 6.84. The topological polar surface area (TPSA) is 56.2 Å². The Labute approximate surface area is 215 Å². The van der Waals surface area contributed by atoms with Crippen LogP contribution >= 0.6 is 0 Å². The van der Waals surface area contributed by atoms with Crippen LogP contribution in [-0.4, -0.2) is 63.4 Å². The lowest BCUT2D eigenvalue weighted by atomic mass is 9.48. The Morgan fingerprint density at radius 3 is 2.69 bits per heavy atom. The van der Waals surface area contributed by atoms with E-state index in [9.17, 15) is 10.2 Å². The molecule has 5 heteroatoms. The molecule has 1 saturated heterocycles. The average Bonchev–Trinajstić information content (AvgIpc) is 3.63. The number of likely N-dealkylation sites (tertiary alicyclic amines) is 1. The van der Waals surface area contributed by atoms with E-state index in [2.05, 4.69) is 53.1 Å². The Morgan fingerprint density at radius 2 is 1.92 bits per heavy atom. The largest absolute Gasteiger partial charge is 0.504 e. The zero-order valence-electron chi connectivity index (χ0n) is 21.5. The van der Waals surface area contributed by atoms with Crippen molar-refractivity contribution in [3.63, 3.8) is 0 Å². The molecule has 5 nitrogen and oxygen atoms in total. The third kappa shape index (κ3) is 3.25. The van der Waals surface area contributed by atoms with Crippen LogP contribution in [0.2, 0.25) is 0 Å². The maximum absolute atomic E-state index is 12.7. The zero-order valence-corrected chi connectivity index (χ0v) is 21.5. The molecule has 7 rings (SSSR count). The standard InChI is InChI=1S/C31H40N2O3/c1-2-3-16-32(19-21-7-5-4-6-8-21)24-13-14-31(35)26-18-23-11-12-25(34)28-27(23)30(31,29(24)36-28)15-17-33(26)20-22-9-10-22/h4-8,11-12,22,24,26,29,34-35H,2-3,9-10,13-20H2,1H3/t24-,26+,29-,30-,31+/m0/s1. The molecule has 36 heavy (non-hydrogen) atoms. The first-order valence-electron chi connectivity index (χ1n) is 14.3. The van der Waals surface area contributed by atoms with Crippen molar-refractivity contribution in [1.82, 2.24) is 9.80 Å². The summed E-state index contributed by atoms with van der Waals surface area (Å²) in [5, 5.41) is 23.7. The number of piperidine rings is 1. The summed E-state index contributed by atoms with van der Waals surface area (Å²) in [6, 6.07) is 15.1. The van der Waals surface area contributed by atoms with Crippen LogP contribution in [0.3, 0.4) is 0 Å². The van der Waals surface area contributed by atoms with Gasteiger partial charge in [-0.25, -0.2) is 0 Å². The second kappa shape index (κ2) is 8.47. The maximum atomic E-state index is 12.7. The number of aliphatic hydroxyl groups is 1.